The van der Waals surface area contributed by atoms with Gasteiger partial charge in [0, 0.05) is 25.0 Å². The molecule has 0 amide bonds. The third kappa shape index (κ3) is 4.02. The van der Waals surface area contributed by atoms with Gasteiger partial charge in [-0.05, 0) is 61.9 Å². The van der Waals surface area contributed by atoms with E-state index in [0.29, 0.717) is 0 Å². The number of nitrogens with zero attached hydrogens (tertiary/aromatic N) is 2. The lowest BCUT2D eigenvalue weighted by molar-refractivity contribution is 0.570. The van der Waals surface area contributed by atoms with Gasteiger partial charge >= 0.3 is 0 Å². The number of benzene rings is 1. The molecule has 1 heterocycles. The number of halogens is 1. The van der Waals surface area contributed by atoms with Crippen molar-refractivity contribution in [2.24, 2.45) is 0 Å². The summed E-state index contributed by atoms with van der Waals surface area (Å²) in [5.74, 6) is 0.621. The Balaban J connectivity index is 2.18. The molecule has 0 aliphatic heterocycles. The minimum atomic E-state index is -0.230. The molecule has 112 valence electrons. The largest absolute Gasteiger partial charge is 0.329 e. The van der Waals surface area contributed by atoms with Gasteiger partial charge in [-0.25, -0.2) is 9.37 Å². The molecule has 1 aromatic heterocycles. The first-order chi connectivity index (χ1) is 10.1. The number of pyridine rings is 1. The van der Waals surface area contributed by atoms with Gasteiger partial charge in [0.2, 0.25) is 0 Å². The first-order valence-corrected chi connectivity index (χ1v) is 7.30. The van der Waals surface area contributed by atoms with Crippen LogP contribution in [0, 0.1) is 5.82 Å². The molecule has 4 heteroatoms. The minimum absolute atomic E-state index is 0.230. The van der Waals surface area contributed by atoms with Gasteiger partial charge < -0.3 is 10.2 Å². The van der Waals surface area contributed by atoms with E-state index in [9.17, 15) is 4.39 Å². The van der Waals surface area contributed by atoms with Crippen LogP contribution in [0.1, 0.15) is 31.9 Å². The molecular formula is C17H22FN3. The predicted octanol–water partition coefficient (Wildman–Crippen LogP) is 4.05. The molecule has 3 nitrogen and oxygen atoms in total. The van der Waals surface area contributed by atoms with Crippen LogP contribution in [-0.2, 0) is 0 Å². The van der Waals surface area contributed by atoms with Crippen LogP contribution < -0.4 is 10.2 Å². The van der Waals surface area contributed by atoms with Crippen LogP contribution in [-0.4, -0.2) is 18.6 Å². The molecule has 2 aromatic rings. The van der Waals surface area contributed by atoms with Crippen LogP contribution >= 0.6 is 0 Å². The summed E-state index contributed by atoms with van der Waals surface area (Å²) in [7, 11) is 1.93. The summed E-state index contributed by atoms with van der Waals surface area (Å²) in [6, 6.07) is 10.8. The highest BCUT2D eigenvalue weighted by molar-refractivity contribution is 5.59. The molecule has 21 heavy (non-hydrogen) atoms. The number of hydrogen-bond donors (Lipinski definition) is 1. The summed E-state index contributed by atoms with van der Waals surface area (Å²) in [6.07, 6.45) is 2.92. The van der Waals surface area contributed by atoms with Gasteiger partial charge in [-0.3, -0.25) is 0 Å². The van der Waals surface area contributed by atoms with Gasteiger partial charge in [0.15, 0.2) is 0 Å². The van der Waals surface area contributed by atoms with Crippen LogP contribution in [0.15, 0.2) is 42.6 Å². The third-order valence-electron chi connectivity index (χ3n) is 3.53. The molecule has 0 bridgehead atoms. The van der Waals surface area contributed by atoms with Crippen LogP contribution in [0.25, 0.3) is 0 Å². The van der Waals surface area contributed by atoms with Crippen molar-refractivity contribution in [1.82, 2.24) is 10.3 Å². The summed E-state index contributed by atoms with van der Waals surface area (Å²) >= 11 is 0. The second-order valence-corrected chi connectivity index (χ2v) is 5.16. The van der Waals surface area contributed by atoms with Crippen molar-refractivity contribution >= 4 is 11.5 Å². The van der Waals surface area contributed by atoms with Crippen molar-refractivity contribution in [2.75, 3.05) is 18.5 Å². The van der Waals surface area contributed by atoms with Gasteiger partial charge in [0.25, 0.3) is 0 Å². The van der Waals surface area contributed by atoms with E-state index in [4.69, 9.17) is 0 Å². The third-order valence-corrected chi connectivity index (χ3v) is 3.53. The summed E-state index contributed by atoms with van der Waals surface area (Å²) in [4.78, 5) is 6.36. The lowest BCUT2D eigenvalue weighted by atomic mass is 10.1. The molecule has 2 rings (SSSR count). The SMILES string of the molecule is CCCNC(C)c1ccnc(N(C)c2ccc(F)cc2)c1. The van der Waals surface area contributed by atoms with E-state index in [-0.39, 0.29) is 11.9 Å². The van der Waals surface area contributed by atoms with Crippen molar-refractivity contribution in [2.45, 2.75) is 26.3 Å². The highest BCUT2D eigenvalue weighted by atomic mass is 19.1. The number of rotatable bonds is 6. The highest BCUT2D eigenvalue weighted by Gasteiger charge is 2.09. The van der Waals surface area contributed by atoms with Crippen molar-refractivity contribution in [3.63, 3.8) is 0 Å². The molecule has 0 aliphatic rings. The number of anilines is 2. The Morgan fingerprint density at radius 1 is 1.24 bits per heavy atom. The maximum Gasteiger partial charge on any atom is 0.132 e. The fraction of sp³-hybridized carbons (Fsp3) is 0.353. The van der Waals surface area contributed by atoms with Crippen LogP contribution in [0.5, 0.6) is 0 Å². The van der Waals surface area contributed by atoms with Crippen molar-refractivity contribution < 1.29 is 4.39 Å². The van der Waals surface area contributed by atoms with Gasteiger partial charge in [-0.15, -0.1) is 0 Å². The van der Waals surface area contributed by atoms with E-state index in [0.717, 1.165) is 24.5 Å². The number of hydrogen-bond acceptors (Lipinski definition) is 3. The molecule has 0 saturated carbocycles. The number of nitrogens with one attached hydrogen (secondary N) is 1. The Kier molecular flexibility index (Phi) is 5.28. The zero-order valence-electron chi connectivity index (χ0n) is 12.8. The second kappa shape index (κ2) is 7.18. The number of aromatic nitrogens is 1. The summed E-state index contributed by atoms with van der Waals surface area (Å²) < 4.78 is 13.0. The molecular weight excluding hydrogens is 265 g/mol. The first kappa shape index (κ1) is 15.4. The molecule has 0 fully saturated rings. The first-order valence-electron chi connectivity index (χ1n) is 7.30. The van der Waals surface area contributed by atoms with Crippen molar-refractivity contribution in [3.8, 4) is 0 Å². The standard InChI is InChI=1S/C17H22FN3/c1-4-10-19-13(2)14-9-11-20-17(12-14)21(3)16-7-5-15(18)6-8-16/h5-9,11-13,19H,4,10H2,1-3H3. The highest BCUT2D eigenvalue weighted by Crippen LogP contribution is 2.24. The summed E-state index contributed by atoms with van der Waals surface area (Å²) in [5.41, 5.74) is 2.11. The Labute approximate surface area is 125 Å². The Morgan fingerprint density at radius 2 is 1.95 bits per heavy atom. The lowest BCUT2D eigenvalue weighted by Crippen LogP contribution is -2.20. The maximum absolute atomic E-state index is 13.0. The van der Waals surface area contributed by atoms with Gasteiger partial charge in [0.05, 0.1) is 0 Å². The predicted molar refractivity (Wildman–Crippen MR) is 85.4 cm³/mol. The van der Waals surface area contributed by atoms with E-state index in [1.165, 1.54) is 17.7 Å². The van der Waals surface area contributed by atoms with Crippen LogP contribution in [0.4, 0.5) is 15.9 Å². The second-order valence-electron chi connectivity index (χ2n) is 5.16. The molecule has 1 unspecified atom stereocenters. The van der Waals surface area contributed by atoms with E-state index in [1.807, 2.05) is 24.2 Å². The fourth-order valence-electron chi connectivity index (χ4n) is 2.16. The summed E-state index contributed by atoms with van der Waals surface area (Å²) in [6.45, 7) is 5.29. The molecule has 1 atom stereocenters. The zero-order valence-corrected chi connectivity index (χ0v) is 12.8. The minimum Gasteiger partial charge on any atom is -0.329 e. The van der Waals surface area contributed by atoms with E-state index in [2.05, 4.69) is 30.2 Å². The topological polar surface area (TPSA) is 28.2 Å². The van der Waals surface area contributed by atoms with Crippen molar-refractivity contribution in [3.05, 3.63) is 54.0 Å². The van der Waals surface area contributed by atoms with E-state index in [1.54, 1.807) is 12.1 Å². The van der Waals surface area contributed by atoms with Gasteiger partial charge in [-0.1, -0.05) is 6.92 Å². The quantitative estimate of drug-likeness (QED) is 0.868. The smallest absolute Gasteiger partial charge is 0.132 e. The van der Waals surface area contributed by atoms with E-state index < -0.39 is 0 Å². The van der Waals surface area contributed by atoms with Crippen molar-refractivity contribution in [1.29, 1.82) is 0 Å². The lowest BCUT2D eigenvalue weighted by Gasteiger charge is -2.20. The molecule has 1 N–H and O–H groups in total. The average Bonchev–Trinajstić information content (AvgIpc) is 2.52. The zero-order chi connectivity index (χ0) is 15.2. The Morgan fingerprint density at radius 3 is 2.62 bits per heavy atom. The van der Waals surface area contributed by atoms with Crippen LogP contribution in [0.2, 0.25) is 0 Å². The van der Waals surface area contributed by atoms with Gasteiger partial charge in [-0.2, -0.15) is 0 Å². The molecule has 0 aliphatic carbocycles. The van der Waals surface area contributed by atoms with Gasteiger partial charge in [0.1, 0.15) is 11.6 Å². The maximum atomic E-state index is 13.0. The molecule has 0 saturated heterocycles. The molecule has 0 spiro atoms. The summed E-state index contributed by atoms with van der Waals surface area (Å²) in [5, 5.41) is 3.47. The average molecular weight is 287 g/mol. The Hall–Kier alpha value is -1.94. The molecule has 0 radical (unpaired) electrons. The Bertz CT molecular complexity index is 569. The molecule has 1 aromatic carbocycles. The van der Waals surface area contributed by atoms with Crippen LogP contribution in [0.3, 0.4) is 0 Å². The monoisotopic (exact) mass is 287 g/mol. The van der Waals surface area contributed by atoms with E-state index >= 15 is 0 Å². The fourth-order valence-corrected chi connectivity index (χ4v) is 2.16. The normalized spacial score (nSPS) is 12.2.